The Hall–Kier alpha value is -4.86. The average molecular weight is 484 g/mol. The second-order valence-corrected chi connectivity index (χ2v) is 8.67. The normalized spacial score (nSPS) is 18.9. The predicted molar refractivity (Wildman–Crippen MR) is 127 cm³/mol. The maximum Gasteiger partial charge on any atom is 0.322 e. The van der Waals surface area contributed by atoms with Crippen molar-refractivity contribution in [3.05, 3.63) is 77.7 Å². The highest BCUT2D eigenvalue weighted by molar-refractivity contribution is 6.10. The van der Waals surface area contributed by atoms with Gasteiger partial charge in [0.05, 0.1) is 19.2 Å². The molecule has 0 unspecified atom stereocenters. The van der Waals surface area contributed by atoms with Gasteiger partial charge in [-0.25, -0.2) is 4.79 Å². The van der Waals surface area contributed by atoms with E-state index >= 15 is 0 Å². The van der Waals surface area contributed by atoms with Gasteiger partial charge in [-0.2, -0.15) is 0 Å². The second-order valence-electron chi connectivity index (χ2n) is 8.67. The van der Waals surface area contributed by atoms with Crippen LogP contribution in [0.3, 0.4) is 0 Å². The molecular weight excluding hydrogens is 464 g/mol. The molecule has 180 valence electrons. The topological polar surface area (TPSA) is 134 Å². The van der Waals surface area contributed by atoms with E-state index in [4.69, 9.17) is 9.15 Å². The highest BCUT2D eigenvalue weighted by atomic mass is 16.5. The first-order chi connectivity index (χ1) is 17.4. The molecule has 2 aliphatic rings. The van der Waals surface area contributed by atoms with Gasteiger partial charge in [-0.1, -0.05) is 24.3 Å². The van der Waals surface area contributed by atoms with Gasteiger partial charge < -0.3 is 24.5 Å². The van der Waals surface area contributed by atoms with E-state index in [2.05, 4.69) is 15.6 Å². The zero-order chi connectivity index (χ0) is 25.0. The lowest BCUT2D eigenvalue weighted by molar-refractivity contribution is -0.125. The molecule has 0 saturated carbocycles. The van der Waals surface area contributed by atoms with Crippen LogP contribution in [0.1, 0.15) is 21.7 Å². The molecular formula is C26H20N4O6. The van der Waals surface area contributed by atoms with Crippen LogP contribution in [-0.2, 0) is 16.9 Å². The number of benzene rings is 2. The van der Waals surface area contributed by atoms with Gasteiger partial charge in [0.2, 0.25) is 0 Å². The zero-order valence-corrected chi connectivity index (χ0v) is 19.1. The Balaban J connectivity index is 1.53. The highest BCUT2D eigenvalue weighted by Crippen LogP contribution is 2.44. The molecule has 2 aromatic heterocycles. The summed E-state index contributed by atoms with van der Waals surface area (Å²) in [5.41, 5.74) is 0.958. The Bertz CT molecular complexity index is 1580. The van der Waals surface area contributed by atoms with Crippen molar-refractivity contribution in [3.8, 4) is 22.6 Å². The number of furan rings is 1. The molecule has 0 spiro atoms. The van der Waals surface area contributed by atoms with E-state index in [-0.39, 0.29) is 30.5 Å². The number of phenols is 1. The minimum absolute atomic E-state index is 0.0521. The van der Waals surface area contributed by atoms with Crippen molar-refractivity contribution >= 4 is 28.9 Å². The van der Waals surface area contributed by atoms with Gasteiger partial charge in [0.1, 0.15) is 17.0 Å². The number of pyridine rings is 1. The number of aromatic hydroxyl groups is 1. The number of carbonyl (C=O) groups is 3. The third-order valence-electron chi connectivity index (χ3n) is 6.57. The number of hydrogen-bond donors (Lipinski definition) is 3. The minimum atomic E-state index is -1.77. The first kappa shape index (κ1) is 21.7. The van der Waals surface area contributed by atoms with Crippen molar-refractivity contribution in [1.29, 1.82) is 0 Å². The lowest BCUT2D eigenvalue weighted by Crippen LogP contribution is -2.52. The van der Waals surface area contributed by atoms with Crippen LogP contribution < -0.4 is 15.4 Å². The summed E-state index contributed by atoms with van der Waals surface area (Å²) in [7, 11) is 1.52. The number of phenolic OH excluding ortho intramolecular Hbond substituents is 1. The quantitative estimate of drug-likeness (QED) is 0.371. The first-order valence-corrected chi connectivity index (χ1v) is 11.2. The summed E-state index contributed by atoms with van der Waals surface area (Å²) >= 11 is 0. The predicted octanol–water partition coefficient (Wildman–Crippen LogP) is 2.90. The van der Waals surface area contributed by atoms with Crippen LogP contribution in [0, 0.1) is 0 Å². The first-order valence-electron chi connectivity index (χ1n) is 11.2. The molecule has 2 aromatic carbocycles. The monoisotopic (exact) mass is 484 g/mol. The average Bonchev–Trinajstić information content (AvgIpc) is 3.51. The summed E-state index contributed by atoms with van der Waals surface area (Å²) in [6.07, 6.45) is 1.57. The Morgan fingerprint density at radius 1 is 1.11 bits per heavy atom. The number of carbonyl (C=O) groups excluding carboxylic acids is 3. The van der Waals surface area contributed by atoms with E-state index in [1.54, 1.807) is 54.7 Å². The van der Waals surface area contributed by atoms with Crippen molar-refractivity contribution in [2.45, 2.75) is 12.1 Å². The molecule has 3 N–H and O–H groups in total. The van der Waals surface area contributed by atoms with Gasteiger partial charge >= 0.3 is 6.03 Å². The fourth-order valence-corrected chi connectivity index (χ4v) is 4.88. The molecule has 1 fully saturated rings. The molecule has 10 nitrogen and oxygen atoms in total. The van der Waals surface area contributed by atoms with Gasteiger partial charge in [0.25, 0.3) is 11.8 Å². The number of fused-ring (bicyclic) bond motifs is 2. The molecule has 10 heteroatoms. The summed E-state index contributed by atoms with van der Waals surface area (Å²) in [5.74, 6) is -0.429. The third-order valence-corrected chi connectivity index (χ3v) is 6.57. The van der Waals surface area contributed by atoms with Crippen LogP contribution in [0.25, 0.3) is 22.2 Å². The number of ether oxygens (including phenoxy) is 1. The smallest absolute Gasteiger partial charge is 0.322 e. The molecule has 1 saturated heterocycles. The molecule has 4 heterocycles. The van der Waals surface area contributed by atoms with Crippen LogP contribution in [-0.4, -0.2) is 46.5 Å². The molecule has 36 heavy (non-hydrogen) atoms. The highest BCUT2D eigenvalue weighted by Gasteiger charge is 2.54. The molecule has 1 atom stereocenters. The minimum Gasteiger partial charge on any atom is -0.507 e. The Labute approximate surface area is 204 Å². The maximum atomic E-state index is 13.4. The van der Waals surface area contributed by atoms with E-state index < -0.39 is 17.5 Å². The number of imide groups is 1. The number of aromatic nitrogens is 1. The molecule has 4 aromatic rings. The number of nitrogens with one attached hydrogen (secondary N) is 2. The van der Waals surface area contributed by atoms with E-state index in [1.807, 2.05) is 0 Å². The van der Waals surface area contributed by atoms with Crippen molar-refractivity contribution in [2.24, 2.45) is 0 Å². The van der Waals surface area contributed by atoms with E-state index in [0.717, 1.165) is 5.56 Å². The van der Waals surface area contributed by atoms with Gasteiger partial charge in [-0.15, -0.1) is 0 Å². The zero-order valence-electron chi connectivity index (χ0n) is 19.1. The SMILES string of the molecule is COc1ccc2c(c1)C(=O)N(C[C@@]1(c3oc4cccnc4c3-c3ccccc3O)NC(=O)NC1=O)C2. The molecule has 6 rings (SSSR count). The van der Waals surface area contributed by atoms with Gasteiger partial charge in [-0.3, -0.25) is 19.9 Å². The van der Waals surface area contributed by atoms with Crippen LogP contribution >= 0.6 is 0 Å². The molecule has 0 aliphatic carbocycles. The van der Waals surface area contributed by atoms with Crippen molar-refractivity contribution in [3.63, 3.8) is 0 Å². The number of methoxy groups -OCH3 is 1. The van der Waals surface area contributed by atoms with Crippen molar-refractivity contribution in [2.75, 3.05) is 13.7 Å². The number of urea groups is 1. The number of rotatable bonds is 5. The Kier molecular flexibility index (Phi) is 4.72. The van der Waals surface area contributed by atoms with Crippen molar-refractivity contribution < 1.29 is 28.6 Å². The fraction of sp³-hybridized carbons (Fsp3) is 0.154. The summed E-state index contributed by atoms with van der Waals surface area (Å²) in [5, 5.41) is 15.7. The van der Waals surface area contributed by atoms with Crippen LogP contribution in [0.4, 0.5) is 4.79 Å². The largest absolute Gasteiger partial charge is 0.507 e. The number of nitrogens with zero attached hydrogens (tertiary/aromatic N) is 2. The number of amides is 4. The van der Waals surface area contributed by atoms with Gasteiger partial charge in [0.15, 0.2) is 16.9 Å². The fourth-order valence-electron chi connectivity index (χ4n) is 4.88. The van der Waals surface area contributed by atoms with Crippen molar-refractivity contribution in [1.82, 2.24) is 20.5 Å². The summed E-state index contributed by atoms with van der Waals surface area (Å²) in [6, 6.07) is 14.4. The number of hydrogen-bond acceptors (Lipinski definition) is 7. The maximum absolute atomic E-state index is 13.4. The molecule has 0 radical (unpaired) electrons. The van der Waals surface area contributed by atoms with Gasteiger partial charge in [-0.05, 0) is 35.9 Å². The second kappa shape index (κ2) is 7.84. The lowest BCUT2D eigenvalue weighted by Gasteiger charge is -2.30. The standard InChI is InChI=1S/C26H20N4O6/c1-35-15-9-8-14-12-30(23(32)17(14)11-15)13-26(24(33)28-25(34)29-26)22-20(16-5-2-3-6-18(16)31)21-19(36-22)7-4-10-27-21/h2-11,31H,12-13H2,1H3,(H2,28,29,33,34)/t26-/m0/s1. The van der Waals surface area contributed by atoms with Crippen LogP contribution in [0.15, 0.2) is 65.2 Å². The molecule has 2 aliphatic heterocycles. The number of para-hydroxylation sites is 1. The van der Waals surface area contributed by atoms with E-state index in [1.165, 1.54) is 18.1 Å². The summed E-state index contributed by atoms with van der Waals surface area (Å²) in [4.78, 5) is 45.1. The Morgan fingerprint density at radius 2 is 1.94 bits per heavy atom. The molecule has 0 bridgehead atoms. The summed E-state index contributed by atoms with van der Waals surface area (Å²) < 4.78 is 11.4. The van der Waals surface area contributed by atoms with E-state index in [9.17, 15) is 19.5 Å². The van der Waals surface area contributed by atoms with E-state index in [0.29, 0.717) is 33.5 Å². The lowest BCUT2D eigenvalue weighted by atomic mass is 9.89. The van der Waals surface area contributed by atoms with Gasteiger partial charge in [0, 0.05) is 23.9 Å². The van der Waals surface area contributed by atoms with Crippen LogP contribution in [0.5, 0.6) is 11.5 Å². The van der Waals surface area contributed by atoms with Crippen LogP contribution in [0.2, 0.25) is 0 Å². The third kappa shape index (κ3) is 3.11. The molecule has 4 amide bonds. The summed E-state index contributed by atoms with van der Waals surface area (Å²) in [6.45, 7) is 0.0221. The Morgan fingerprint density at radius 3 is 2.69 bits per heavy atom.